The number of rotatable bonds is 7. The molecule has 2 N–H and O–H groups in total. The molecule has 1 aromatic carbocycles. The van der Waals surface area contributed by atoms with Gasteiger partial charge in [0.15, 0.2) is 0 Å². The molecular formula is C18H24ClF3N4O2. The molecule has 1 fully saturated rings. The average molecular weight is 421 g/mol. The Kier molecular flexibility index (Phi) is 8.09. The van der Waals surface area contributed by atoms with Crippen LogP contribution in [0.1, 0.15) is 18.9 Å². The molecule has 6 nitrogen and oxygen atoms in total. The van der Waals surface area contributed by atoms with E-state index in [1.807, 2.05) is 16.7 Å². The second-order valence-corrected chi connectivity index (χ2v) is 7.05. The molecule has 0 atom stereocenters. The zero-order chi connectivity index (χ0) is 20.7. The van der Waals surface area contributed by atoms with Crippen LogP contribution in [0.15, 0.2) is 18.2 Å². The molecule has 2 rings (SSSR count). The average Bonchev–Trinajstić information content (AvgIpc) is 2.62. The largest absolute Gasteiger partial charge is 0.417 e. The summed E-state index contributed by atoms with van der Waals surface area (Å²) in [6.45, 7) is 5.52. The molecule has 0 bridgehead atoms. The molecular weight excluding hydrogens is 397 g/mol. The van der Waals surface area contributed by atoms with Crippen LogP contribution >= 0.6 is 11.6 Å². The van der Waals surface area contributed by atoms with Gasteiger partial charge in [0.2, 0.25) is 11.8 Å². The van der Waals surface area contributed by atoms with Gasteiger partial charge in [-0.1, -0.05) is 18.5 Å². The highest BCUT2D eigenvalue weighted by Gasteiger charge is 2.33. The Balaban J connectivity index is 1.80. The maximum atomic E-state index is 12.9. The number of nitrogens with zero attached hydrogens (tertiary/aromatic N) is 2. The van der Waals surface area contributed by atoms with Crippen LogP contribution in [0.25, 0.3) is 0 Å². The van der Waals surface area contributed by atoms with Crippen molar-refractivity contribution in [3.63, 3.8) is 0 Å². The molecule has 0 spiro atoms. The van der Waals surface area contributed by atoms with Gasteiger partial charge < -0.3 is 10.6 Å². The first-order chi connectivity index (χ1) is 13.2. The van der Waals surface area contributed by atoms with Gasteiger partial charge in [0.1, 0.15) is 0 Å². The summed E-state index contributed by atoms with van der Waals surface area (Å²) < 4.78 is 38.7. The number of hydrogen-bond donors (Lipinski definition) is 2. The first-order valence-corrected chi connectivity index (χ1v) is 9.45. The van der Waals surface area contributed by atoms with Crippen molar-refractivity contribution in [2.45, 2.75) is 19.5 Å². The molecule has 1 saturated heterocycles. The monoisotopic (exact) mass is 420 g/mol. The van der Waals surface area contributed by atoms with E-state index in [2.05, 4.69) is 10.6 Å². The number of alkyl halides is 3. The van der Waals surface area contributed by atoms with Crippen molar-refractivity contribution in [1.29, 1.82) is 0 Å². The summed E-state index contributed by atoms with van der Waals surface area (Å²) in [4.78, 5) is 27.8. The van der Waals surface area contributed by atoms with E-state index >= 15 is 0 Å². The Morgan fingerprint density at radius 2 is 1.64 bits per heavy atom. The number of amides is 2. The molecule has 1 aliphatic rings. The predicted molar refractivity (Wildman–Crippen MR) is 101 cm³/mol. The Labute approximate surface area is 167 Å². The van der Waals surface area contributed by atoms with Crippen molar-refractivity contribution < 1.29 is 22.8 Å². The molecule has 2 amide bonds. The number of carbonyl (C=O) groups is 2. The Hall–Kier alpha value is -1.84. The molecule has 156 valence electrons. The van der Waals surface area contributed by atoms with Gasteiger partial charge in [-0.3, -0.25) is 19.4 Å². The van der Waals surface area contributed by atoms with E-state index in [0.717, 1.165) is 18.6 Å². The van der Waals surface area contributed by atoms with Gasteiger partial charge in [0.25, 0.3) is 0 Å². The van der Waals surface area contributed by atoms with Crippen molar-refractivity contribution >= 4 is 29.1 Å². The minimum atomic E-state index is -4.59. The van der Waals surface area contributed by atoms with Crippen molar-refractivity contribution in [3.8, 4) is 0 Å². The van der Waals surface area contributed by atoms with Gasteiger partial charge in [-0.2, -0.15) is 13.2 Å². The smallest absolute Gasteiger partial charge is 0.355 e. The summed E-state index contributed by atoms with van der Waals surface area (Å²) in [5.41, 5.74) is -0.935. The van der Waals surface area contributed by atoms with Crippen molar-refractivity contribution in [2.24, 2.45) is 0 Å². The van der Waals surface area contributed by atoms with Gasteiger partial charge in [-0.05, 0) is 24.6 Å². The van der Waals surface area contributed by atoms with Crippen LogP contribution in [0.4, 0.5) is 18.9 Å². The molecule has 0 radical (unpaired) electrons. The predicted octanol–water partition coefficient (Wildman–Crippen LogP) is 2.44. The zero-order valence-electron chi connectivity index (χ0n) is 15.6. The van der Waals surface area contributed by atoms with E-state index < -0.39 is 22.7 Å². The lowest BCUT2D eigenvalue weighted by molar-refractivity contribution is -0.137. The Morgan fingerprint density at radius 3 is 2.18 bits per heavy atom. The highest BCUT2D eigenvalue weighted by Crippen LogP contribution is 2.36. The molecule has 28 heavy (non-hydrogen) atoms. The lowest BCUT2D eigenvalue weighted by Crippen LogP contribution is -2.51. The molecule has 1 aliphatic heterocycles. The number of benzene rings is 1. The summed E-state index contributed by atoms with van der Waals surface area (Å²) >= 11 is 5.58. The van der Waals surface area contributed by atoms with Gasteiger partial charge in [0, 0.05) is 38.4 Å². The first-order valence-electron chi connectivity index (χ1n) is 9.07. The number of carbonyl (C=O) groups excluding carboxylic acids is 2. The third-order valence-electron chi connectivity index (χ3n) is 4.33. The number of halogens is 4. The summed E-state index contributed by atoms with van der Waals surface area (Å²) in [6, 6.07) is 3.28. The van der Waals surface area contributed by atoms with Crippen LogP contribution in [-0.4, -0.2) is 67.4 Å². The van der Waals surface area contributed by atoms with E-state index in [1.165, 1.54) is 6.07 Å². The highest BCUT2D eigenvalue weighted by molar-refractivity contribution is 6.31. The number of hydrogen-bond acceptors (Lipinski definition) is 4. The highest BCUT2D eigenvalue weighted by atomic mass is 35.5. The quantitative estimate of drug-likeness (QED) is 0.711. The molecule has 10 heteroatoms. The second-order valence-electron chi connectivity index (χ2n) is 6.64. The molecule has 0 unspecified atom stereocenters. The van der Waals surface area contributed by atoms with Crippen molar-refractivity contribution in [1.82, 2.24) is 15.1 Å². The standard InChI is InChI=1S/C18H24ClF3N4O2/c1-2-5-23-16(27)11-25-6-8-26(9-7-25)12-17(28)24-13-3-4-15(19)14(10-13)18(20,21)22/h3-4,10H,2,5-9,11-12H2,1H3,(H,23,27)(H,24,28). The minimum absolute atomic E-state index is 0.0174. The maximum Gasteiger partial charge on any atom is 0.417 e. The summed E-state index contributed by atoms with van der Waals surface area (Å²) in [6.07, 6.45) is -3.70. The van der Waals surface area contributed by atoms with E-state index in [-0.39, 0.29) is 18.1 Å². The third kappa shape index (κ3) is 6.96. The number of anilines is 1. The van der Waals surface area contributed by atoms with Gasteiger partial charge in [0.05, 0.1) is 23.7 Å². The van der Waals surface area contributed by atoms with Crippen LogP contribution in [0.3, 0.4) is 0 Å². The molecule has 1 aromatic rings. The van der Waals surface area contributed by atoms with Crippen molar-refractivity contribution in [2.75, 3.05) is 51.1 Å². The van der Waals surface area contributed by atoms with E-state index in [0.29, 0.717) is 39.3 Å². The molecule has 1 heterocycles. The first kappa shape index (κ1) is 22.4. The topological polar surface area (TPSA) is 64.7 Å². The van der Waals surface area contributed by atoms with E-state index in [4.69, 9.17) is 11.6 Å². The maximum absolute atomic E-state index is 12.9. The normalized spacial score (nSPS) is 16.0. The van der Waals surface area contributed by atoms with Gasteiger partial charge in [-0.15, -0.1) is 0 Å². The summed E-state index contributed by atoms with van der Waals surface area (Å²) in [5, 5.41) is 4.89. The molecule has 0 aromatic heterocycles. The van der Waals surface area contributed by atoms with Crippen LogP contribution in [-0.2, 0) is 15.8 Å². The molecule has 0 saturated carbocycles. The van der Waals surface area contributed by atoms with Crippen LogP contribution in [0.2, 0.25) is 5.02 Å². The fraction of sp³-hybridized carbons (Fsp3) is 0.556. The summed E-state index contributed by atoms with van der Waals surface area (Å²) in [7, 11) is 0. The lowest BCUT2D eigenvalue weighted by Gasteiger charge is -2.33. The SMILES string of the molecule is CCCNC(=O)CN1CCN(CC(=O)Nc2ccc(Cl)c(C(F)(F)F)c2)CC1. The van der Waals surface area contributed by atoms with Crippen molar-refractivity contribution in [3.05, 3.63) is 28.8 Å². The van der Waals surface area contributed by atoms with Gasteiger partial charge in [-0.25, -0.2) is 0 Å². The zero-order valence-corrected chi connectivity index (χ0v) is 16.4. The van der Waals surface area contributed by atoms with Gasteiger partial charge >= 0.3 is 6.18 Å². The molecule has 0 aliphatic carbocycles. The third-order valence-corrected chi connectivity index (χ3v) is 4.66. The second kappa shape index (κ2) is 10.1. The van der Waals surface area contributed by atoms with Crippen LogP contribution < -0.4 is 10.6 Å². The Bertz CT molecular complexity index is 692. The van der Waals surface area contributed by atoms with Crippen LogP contribution in [0, 0.1) is 0 Å². The lowest BCUT2D eigenvalue weighted by atomic mass is 10.2. The summed E-state index contributed by atoms with van der Waals surface area (Å²) in [5.74, 6) is -0.416. The van der Waals surface area contributed by atoms with E-state index in [1.54, 1.807) is 0 Å². The minimum Gasteiger partial charge on any atom is -0.355 e. The fourth-order valence-electron chi connectivity index (χ4n) is 2.85. The van der Waals surface area contributed by atoms with E-state index in [9.17, 15) is 22.8 Å². The number of nitrogens with one attached hydrogen (secondary N) is 2. The Morgan fingerprint density at radius 1 is 1.07 bits per heavy atom. The van der Waals surface area contributed by atoms with Crippen LogP contribution in [0.5, 0.6) is 0 Å². The number of piperazine rings is 1. The fourth-order valence-corrected chi connectivity index (χ4v) is 3.08.